The maximum atomic E-state index is 12.7. The minimum atomic E-state index is -0.578. The molecule has 7 heteroatoms. The van der Waals surface area contributed by atoms with Gasteiger partial charge in [-0.1, -0.05) is 48.5 Å². The van der Waals surface area contributed by atoms with E-state index in [4.69, 9.17) is 9.47 Å². The van der Waals surface area contributed by atoms with Crippen LogP contribution in [0.5, 0.6) is 0 Å². The van der Waals surface area contributed by atoms with E-state index in [1.807, 2.05) is 69.3 Å². The lowest BCUT2D eigenvalue weighted by molar-refractivity contribution is 0.0495. The van der Waals surface area contributed by atoms with Crippen molar-refractivity contribution in [3.63, 3.8) is 0 Å². The number of thioether (sulfide) groups is 1. The van der Waals surface area contributed by atoms with Gasteiger partial charge in [-0.25, -0.2) is 9.59 Å². The summed E-state index contributed by atoms with van der Waals surface area (Å²) in [4.78, 5) is 27.8. The Morgan fingerprint density at radius 3 is 2.32 bits per heavy atom. The largest absolute Gasteiger partial charge is 0.445 e. The number of hydrogen-bond acceptors (Lipinski definition) is 5. The Labute approximate surface area is 188 Å². The first-order valence-electron chi connectivity index (χ1n) is 10.4. The molecule has 2 aromatic rings. The summed E-state index contributed by atoms with van der Waals surface area (Å²) in [6.45, 7) is 6.64. The molecule has 31 heavy (non-hydrogen) atoms. The highest BCUT2D eigenvalue weighted by Gasteiger charge is 2.37. The molecule has 1 heterocycles. The number of hydrogen-bond donors (Lipinski definition) is 1. The van der Waals surface area contributed by atoms with E-state index >= 15 is 0 Å². The fourth-order valence-electron chi connectivity index (χ4n) is 3.34. The van der Waals surface area contributed by atoms with Crippen LogP contribution in [-0.2, 0) is 16.1 Å². The summed E-state index contributed by atoms with van der Waals surface area (Å²) in [7, 11) is 0. The number of amides is 2. The number of likely N-dealkylation sites (tertiary alicyclic amines) is 1. The maximum absolute atomic E-state index is 12.7. The summed E-state index contributed by atoms with van der Waals surface area (Å²) in [5, 5.41) is 2.96. The highest BCUT2D eigenvalue weighted by atomic mass is 32.2. The summed E-state index contributed by atoms with van der Waals surface area (Å²) in [5.41, 5.74) is 0.361. The second-order valence-electron chi connectivity index (χ2n) is 8.58. The van der Waals surface area contributed by atoms with Crippen molar-refractivity contribution in [2.45, 2.75) is 43.9 Å². The topological polar surface area (TPSA) is 67.9 Å². The van der Waals surface area contributed by atoms with Crippen LogP contribution in [0, 0.1) is 5.92 Å². The predicted octanol–water partition coefficient (Wildman–Crippen LogP) is 4.94. The number of nitrogens with zero attached hydrogens (tertiary/aromatic N) is 1. The van der Waals surface area contributed by atoms with Crippen molar-refractivity contribution in [3.05, 3.63) is 66.2 Å². The molecule has 2 atom stereocenters. The van der Waals surface area contributed by atoms with Gasteiger partial charge in [-0.2, -0.15) is 0 Å². The van der Waals surface area contributed by atoms with Gasteiger partial charge in [0.25, 0.3) is 0 Å². The fraction of sp³-hybridized carbons (Fsp3) is 0.417. The first-order chi connectivity index (χ1) is 14.8. The van der Waals surface area contributed by atoms with Crippen LogP contribution in [0.3, 0.4) is 0 Å². The minimum absolute atomic E-state index is 0.0852. The standard InChI is InChI=1S/C24H30N2O4S/c1-24(2,3)30-22(27)25-21-15-26(23(28)29-16-18-10-6-4-7-11-18)14-19(21)17-31-20-12-8-5-9-13-20/h4-13,19,21H,14-17H2,1-3H3,(H,25,27)/t19-,21-/m1/s1. The number of carbonyl (C=O) groups is 2. The van der Waals surface area contributed by atoms with E-state index in [9.17, 15) is 9.59 Å². The van der Waals surface area contributed by atoms with Gasteiger partial charge in [0.2, 0.25) is 0 Å². The van der Waals surface area contributed by atoms with Crippen LogP contribution in [0.15, 0.2) is 65.6 Å². The molecule has 0 radical (unpaired) electrons. The van der Waals surface area contributed by atoms with Crippen LogP contribution >= 0.6 is 11.8 Å². The number of ether oxygens (including phenoxy) is 2. The smallest absolute Gasteiger partial charge is 0.410 e. The van der Waals surface area contributed by atoms with E-state index in [0.717, 1.165) is 16.2 Å². The number of nitrogens with one attached hydrogen (secondary N) is 1. The normalized spacial score (nSPS) is 18.5. The first kappa shape index (κ1) is 23.0. The zero-order valence-corrected chi connectivity index (χ0v) is 19.1. The molecule has 0 unspecified atom stereocenters. The van der Waals surface area contributed by atoms with Gasteiger partial charge >= 0.3 is 12.2 Å². The highest BCUT2D eigenvalue weighted by molar-refractivity contribution is 7.99. The van der Waals surface area contributed by atoms with E-state index in [0.29, 0.717) is 13.1 Å². The summed E-state index contributed by atoms with van der Waals surface area (Å²) < 4.78 is 10.9. The van der Waals surface area contributed by atoms with E-state index in [1.54, 1.807) is 16.7 Å². The minimum Gasteiger partial charge on any atom is -0.445 e. The molecule has 3 rings (SSSR count). The fourth-order valence-corrected chi connectivity index (χ4v) is 4.44. The van der Waals surface area contributed by atoms with Crippen molar-refractivity contribution in [3.8, 4) is 0 Å². The SMILES string of the molecule is CC(C)(C)OC(=O)N[C@@H]1CN(C(=O)OCc2ccccc2)C[C@@H]1CSc1ccccc1. The second kappa shape index (κ2) is 10.6. The number of rotatable bonds is 6. The van der Waals surface area contributed by atoms with E-state index in [1.165, 1.54) is 0 Å². The van der Waals surface area contributed by atoms with E-state index in [2.05, 4.69) is 17.4 Å². The molecule has 0 bridgehead atoms. The number of benzene rings is 2. The molecule has 1 aliphatic heterocycles. The Balaban J connectivity index is 1.60. The molecule has 2 amide bonds. The van der Waals surface area contributed by atoms with Crippen molar-refractivity contribution in [1.82, 2.24) is 10.2 Å². The predicted molar refractivity (Wildman–Crippen MR) is 122 cm³/mol. The molecule has 1 fully saturated rings. The monoisotopic (exact) mass is 442 g/mol. The van der Waals surface area contributed by atoms with Crippen LogP contribution in [0.25, 0.3) is 0 Å². The Kier molecular flexibility index (Phi) is 7.85. The highest BCUT2D eigenvalue weighted by Crippen LogP contribution is 2.27. The molecular weight excluding hydrogens is 412 g/mol. The van der Waals surface area contributed by atoms with Crippen LogP contribution < -0.4 is 5.32 Å². The summed E-state index contributed by atoms with van der Waals surface area (Å²) in [6, 6.07) is 19.5. The van der Waals surface area contributed by atoms with Crippen molar-refractivity contribution in [2.24, 2.45) is 5.92 Å². The molecule has 0 spiro atoms. The molecular formula is C24H30N2O4S. The van der Waals surface area contributed by atoms with Crippen molar-refractivity contribution < 1.29 is 19.1 Å². The summed E-state index contributed by atoms with van der Waals surface area (Å²) in [6.07, 6.45) is -0.834. The first-order valence-corrected chi connectivity index (χ1v) is 11.4. The maximum Gasteiger partial charge on any atom is 0.410 e. The van der Waals surface area contributed by atoms with Crippen LogP contribution in [0.1, 0.15) is 26.3 Å². The molecule has 1 aliphatic rings. The molecule has 2 aromatic carbocycles. The zero-order valence-electron chi connectivity index (χ0n) is 18.2. The van der Waals surface area contributed by atoms with Gasteiger partial charge in [0.1, 0.15) is 12.2 Å². The van der Waals surface area contributed by atoms with Crippen molar-refractivity contribution >= 4 is 23.9 Å². The number of alkyl carbamates (subject to hydrolysis) is 1. The Bertz CT molecular complexity index is 855. The lowest BCUT2D eigenvalue weighted by atomic mass is 10.1. The molecule has 0 aromatic heterocycles. The van der Waals surface area contributed by atoms with Crippen LogP contribution in [0.2, 0.25) is 0 Å². The van der Waals surface area contributed by atoms with Gasteiger partial charge in [-0.15, -0.1) is 11.8 Å². The Morgan fingerprint density at radius 1 is 1.03 bits per heavy atom. The Morgan fingerprint density at radius 2 is 1.68 bits per heavy atom. The average molecular weight is 443 g/mol. The summed E-state index contributed by atoms with van der Waals surface area (Å²) >= 11 is 1.71. The van der Waals surface area contributed by atoms with Gasteiger partial charge in [-0.3, -0.25) is 0 Å². The third-order valence-corrected chi connectivity index (χ3v) is 6.01. The van der Waals surface area contributed by atoms with Gasteiger partial charge < -0.3 is 19.7 Å². The quantitative estimate of drug-likeness (QED) is 0.642. The average Bonchev–Trinajstić information content (AvgIpc) is 3.13. The zero-order chi connectivity index (χ0) is 22.3. The van der Waals surface area contributed by atoms with E-state index < -0.39 is 11.7 Å². The van der Waals surface area contributed by atoms with Crippen LogP contribution in [-0.4, -0.2) is 47.6 Å². The number of carbonyl (C=O) groups excluding carboxylic acids is 2. The molecule has 166 valence electrons. The van der Waals surface area contributed by atoms with Crippen molar-refractivity contribution in [1.29, 1.82) is 0 Å². The lowest BCUT2D eigenvalue weighted by Gasteiger charge is -2.24. The van der Waals surface area contributed by atoms with Crippen LogP contribution in [0.4, 0.5) is 9.59 Å². The third-order valence-electron chi connectivity index (χ3n) is 4.81. The molecule has 0 aliphatic carbocycles. The molecule has 1 saturated heterocycles. The summed E-state index contributed by atoms with van der Waals surface area (Å²) in [5.74, 6) is 0.856. The van der Waals surface area contributed by atoms with Gasteiger partial charge in [-0.05, 0) is 38.5 Å². The molecule has 0 saturated carbocycles. The van der Waals surface area contributed by atoms with Gasteiger partial charge in [0, 0.05) is 29.7 Å². The van der Waals surface area contributed by atoms with Gasteiger partial charge in [0.05, 0.1) is 6.04 Å². The lowest BCUT2D eigenvalue weighted by Crippen LogP contribution is -2.44. The Hall–Kier alpha value is -2.67. The van der Waals surface area contributed by atoms with Gasteiger partial charge in [0.15, 0.2) is 0 Å². The molecule has 1 N–H and O–H groups in total. The third kappa shape index (κ3) is 7.51. The molecule has 6 nitrogen and oxygen atoms in total. The van der Waals surface area contributed by atoms with Crippen molar-refractivity contribution in [2.75, 3.05) is 18.8 Å². The second-order valence-corrected chi connectivity index (χ2v) is 9.68. The van der Waals surface area contributed by atoms with E-state index in [-0.39, 0.29) is 24.7 Å².